The Morgan fingerprint density at radius 1 is 0.870 bits per heavy atom. The zero-order chi connectivity index (χ0) is 34.4. The van der Waals surface area contributed by atoms with Gasteiger partial charge in [0, 0.05) is 0 Å². The van der Waals surface area contributed by atoms with E-state index in [0.29, 0.717) is 32.1 Å². The third-order valence-electron chi connectivity index (χ3n) is 14.2. The largest absolute Gasteiger partial charge is 0.394 e. The molecule has 10 heteroatoms. The normalized spacial score (nSPS) is 52.1. The van der Waals surface area contributed by atoms with E-state index in [2.05, 4.69) is 34.6 Å². The van der Waals surface area contributed by atoms with Gasteiger partial charge in [-0.05, 0) is 111 Å². The van der Waals surface area contributed by atoms with Crippen molar-refractivity contribution in [2.75, 3.05) is 6.61 Å². The molecule has 0 amide bonds. The van der Waals surface area contributed by atoms with Crippen LogP contribution in [-0.2, 0) is 9.47 Å². The summed E-state index contributed by atoms with van der Waals surface area (Å²) in [4.78, 5) is 0. The first-order valence-electron chi connectivity index (χ1n) is 17.5. The second-order valence-electron chi connectivity index (χ2n) is 17.9. The van der Waals surface area contributed by atoms with Gasteiger partial charge in [0.25, 0.3) is 0 Å². The second-order valence-corrected chi connectivity index (χ2v) is 17.9. The average molecular weight is 655 g/mol. The lowest BCUT2D eigenvalue weighted by atomic mass is 9.34. The molecule has 0 aromatic heterocycles. The van der Waals surface area contributed by atoms with Crippen molar-refractivity contribution in [3.8, 4) is 0 Å². The van der Waals surface area contributed by atoms with Crippen LogP contribution in [0, 0.1) is 45.3 Å². The van der Waals surface area contributed by atoms with Crippen LogP contribution >= 0.6 is 0 Å². The standard InChI is InChI=1S/C36H62O10/c1-31(2,43)12-9-13-36(8,44)19-10-15-34(6)25(19)21(45-30-28(42)27(41)26(40)22(18-37)46-30)16-23-33(5)14-11-24(39)32(3,4)29(33)20(38)17-35(23,34)7/h9,12,19-30,37-44H,10-11,13-18H2,1-8H3/t19-,20-,21+,22+,23+,24-,25-,26+,27-,28+,29-,30+,33+,34+,35+,36-/m0/s1. The van der Waals surface area contributed by atoms with Crippen molar-refractivity contribution in [2.45, 2.75) is 161 Å². The maximum absolute atomic E-state index is 12.1. The van der Waals surface area contributed by atoms with Crippen molar-refractivity contribution in [2.24, 2.45) is 45.3 Å². The topological polar surface area (TPSA) is 180 Å². The first kappa shape index (κ1) is 36.6. The molecular formula is C36H62O10. The van der Waals surface area contributed by atoms with Crippen molar-refractivity contribution in [1.29, 1.82) is 0 Å². The van der Waals surface area contributed by atoms with Gasteiger partial charge in [-0.15, -0.1) is 0 Å². The summed E-state index contributed by atoms with van der Waals surface area (Å²) in [6, 6.07) is 0. The van der Waals surface area contributed by atoms with Crippen LogP contribution in [0.2, 0.25) is 0 Å². The van der Waals surface area contributed by atoms with Crippen LogP contribution in [0.1, 0.15) is 100 Å². The summed E-state index contributed by atoms with van der Waals surface area (Å²) in [7, 11) is 0. The highest BCUT2D eigenvalue weighted by Gasteiger charge is 2.73. The van der Waals surface area contributed by atoms with Gasteiger partial charge in [0.05, 0.1) is 36.1 Å². The minimum atomic E-state index is -1.57. The summed E-state index contributed by atoms with van der Waals surface area (Å²) in [5.41, 5.74) is -3.78. The first-order valence-corrected chi connectivity index (χ1v) is 17.5. The van der Waals surface area contributed by atoms with E-state index < -0.39 is 77.7 Å². The van der Waals surface area contributed by atoms with Gasteiger partial charge in [-0.1, -0.05) is 46.8 Å². The molecule has 0 unspecified atom stereocenters. The van der Waals surface area contributed by atoms with E-state index in [0.717, 1.165) is 12.8 Å². The molecule has 5 fully saturated rings. The molecule has 0 aromatic rings. The zero-order valence-electron chi connectivity index (χ0n) is 29.1. The Morgan fingerprint density at radius 3 is 2.13 bits per heavy atom. The molecule has 0 spiro atoms. The fourth-order valence-corrected chi connectivity index (χ4v) is 11.8. The van der Waals surface area contributed by atoms with Crippen molar-refractivity contribution < 1.29 is 50.3 Å². The second kappa shape index (κ2) is 12.0. The number of rotatable bonds is 7. The van der Waals surface area contributed by atoms with E-state index in [-0.39, 0.29) is 34.5 Å². The molecule has 1 heterocycles. The van der Waals surface area contributed by atoms with Crippen molar-refractivity contribution in [1.82, 2.24) is 0 Å². The highest BCUT2D eigenvalue weighted by molar-refractivity contribution is 5.22. The summed E-state index contributed by atoms with van der Waals surface area (Å²) in [5.74, 6) is -0.539. The van der Waals surface area contributed by atoms with Gasteiger partial charge in [0.2, 0.25) is 0 Å². The van der Waals surface area contributed by atoms with Gasteiger partial charge < -0.3 is 50.3 Å². The number of fused-ring (bicyclic) bond motifs is 5. The Hall–Kier alpha value is -0.660. The first-order chi connectivity index (χ1) is 21.0. The van der Waals surface area contributed by atoms with Crippen molar-refractivity contribution in [3.05, 3.63) is 12.2 Å². The maximum Gasteiger partial charge on any atom is 0.186 e. The van der Waals surface area contributed by atoms with Crippen LogP contribution in [0.4, 0.5) is 0 Å². The Kier molecular flexibility index (Phi) is 9.55. The van der Waals surface area contributed by atoms with E-state index in [1.807, 2.05) is 13.0 Å². The van der Waals surface area contributed by atoms with Crippen LogP contribution in [0.3, 0.4) is 0 Å². The fraction of sp³-hybridized carbons (Fsp3) is 0.944. The van der Waals surface area contributed by atoms with E-state index in [1.54, 1.807) is 19.9 Å². The SMILES string of the molecule is CC(C)(O)C=CC[C@](C)(O)[C@H]1CC[C@]2(C)[C@@H]1[C@H](O[C@@H]1O[C@H](CO)[C@@H](O)[C@H](O)[C@H]1O)C[C@@H]1[C@@]3(C)CC[C@H](O)C(C)(C)[C@@H]3[C@@H](O)C[C@]12C. The van der Waals surface area contributed by atoms with Gasteiger partial charge in [-0.25, -0.2) is 0 Å². The lowest BCUT2D eigenvalue weighted by Gasteiger charge is -2.71. The fourth-order valence-electron chi connectivity index (χ4n) is 11.8. The highest BCUT2D eigenvalue weighted by Crippen LogP contribution is 2.76. The summed E-state index contributed by atoms with van der Waals surface area (Å²) in [6.07, 6.45) is -0.895. The summed E-state index contributed by atoms with van der Waals surface area (Å²) >= 11 is 0. The van der Waals surface area contributed by atoms with Crippen molar-refractivity contribution in [3.63, 3.8) is 0 Å². The lowest BCUT2D eigenvalue weighted by Crippen LogP contribution is -2.70. The van der Waals surface area contributed by atoms with Gasteiger partial charge in [0.1, 0.15) is 24.4 Å². The summed E-state index contributed by atoms with van der Waals surface area (Å²) < 4.78 is 12.6. The molecular weight excluding hydrogens is 592 g/mol. The van der Waals surface area contributed by atoms with Gasteiger partial charge in [0.15, 0.2) is 6.29 Å². The van der Waals surface area contributed by atoms with Gasteiger partial charge in [-0.2, -0.15) is 0 Å². The molecule has 4 aliphatic carbocycles. The molecule has 4 saturated carbocycles. The van der Waals surface area contributed by atoms with E-state index >= 15 is 0 Å². The zero-order valence-corrected chi connectivity index (χ0v) is 29.1. The Morgan fingerprint density at radius 2 is 1.52 bits per heavy atom. The molecule has 10 nitrogen and oxygen atoms in total. The molecule has 0 aromatic carbocycles. The van der Waals surface area contributed by atoms with Crippen LogP contribution in [0.15, 0.2) is 12.2 Å². The number of hydrogen-bond donors (Lipinski definition) is 8. The minimum absolute atomic E-state index is 0.0649. The van der Waals surface area contributed by atoms with E-state index in [4.69, 9.17) is 9.47 Å². The molecule has 266 valence electrons. The monoisotopic (exact) mass is 654 g/mol. The highest BCUT2D eigenvalue weighted by atomic mass is 16.7. The number of hydrogen-bond acceptors (Lipinski definition) is 10. The number of ether oxygens (including phenoxy) is 2. The minimum Gasteiger partial charge on any atom is -0.394 e. The van der Waals surface area contributed by atoms with E-state index in [9.17, 15) is 40.9 Å². The van der Waals surface area contributed by atoms with Gasteiger partial charge in [-0.3, -0.25) is 0 Å². The summed E-state index contributed by atoms with van der Waals surface area (Å²) in [6.45, 7) is 15.6. The predicted octanol–water partition coefficient (Wildman–Crippen LogP) is 2.27. The number of aliphatic hydroxyl groups is 8. The van der Waals surface area contributed by atoms with Crippen LogP contribution in [0.25, 0.3) is 0 Å². The third-order valence-corrected chi connectivity index (χ3v) is 14.2. The van der Waals surface area contributed by atoms with Gasteiger partial charge >= 0.3 is 0 Å². The smallest absolute Gasteiger partial charge is 0.186 e. The molecule has 46 heavy (non-hydrogen) atoms. The Labute approximate surface area is 274 Å². The molecule has 5 rings (SSSR count). The lowest BCUT2D eigenvalue weighted by molar-refractivity contribution is -0.339. The maximum atomic E-state index is 12.1. The van der Waals surface area contributed by atoms with E-state index in [1.165, 1.54) is 0 Å². The molecule has 0 bridgehead atoms. The number of aliphatic hydroxyl groups excluding tert-OH is 6. The molecule has 0 radical (unpaired) electrons. The van der Waals surface area contributed by atoms with Crippen LogP contribution in [0.5, 0.6) is 0 Å². The van der Waals surface area contributed by atoms with Crippen LogP contribution in [-0.4, -0.2) is 108 Å². The molecule has 1 aliphatic heterocycles. The molecule has 16 atom stereocenters. The molecule has 8 N–H and O–H groups in total. The average Bonchev–Trinajstić information content (AvgIpc) is 3.31. The Balaban J connectivity index is 1.58. The van der Waals surface area contributed by atoms with Crippen molar-refractivity contribution >= 4 is 0 Å². The third kappa shape index (κ3) is 5.64. The summed E-state index contributed by atoms with van der Waals surface area (Å²) in [5, 5.41) is 87.5. The van der Waals surface area contributed by atoms with Crippen LogP contribution < -0.4 is 0 Å². The Bertz CT molecular complexity index is 1130. The predicted molar refractivity (Wildman–Crippen MR) is 171 cm³/mol. The molecule has 1 saturated heterocycles. The quantitative estimate of drug-likeness (QED) is 0.150. The molecule has 5 aliphatic rings.